The minimum Gasteiger partial charge on any atom is -0.504 e. The van der Waals surface area contributed by atoms with Gasteiger partial charge < -0.3 is 35.0 Å². The molecule has 0 bridgehead atoms. The highest BCUT2D eigenvalue weighted by atomic mass is 16.6. The summed E-state index contributed by atoms with van der Waals surface area (Å²) in [4.78, 5) is 23.0. The smallest absolute Gasteiger partial charge is 0.335 e. The number of aliphatic hydroxyl groups is 3. The molecule has 1 aromatic rings. The van der Waals surface area contributed by atoms with Crippen molar-refractivity contribution >= 4 is 18.0 Å². The molecule has 0 amide bonds. The summed E-state index contributed by atoms with van der Waals surface area (Å²) in [6.07, 6.45) is -3.24. The minimum atomic E-state index is -2.30. The van der Waals surface area contributed by atoms with Crippen molar-refractivity contribution in [3.8, 4) is 11.5 Å². The normalized spacial score (nSPS) is 28.7. The number of ether oxygens (including phenoxy) is 2. The van der Waals surface area contributed by atoms with Crippen LogP contribution in [0, 0.1) is 0 Å². The number of carbonyl (C=O) groups excluding carboxylic acids is 1. The molecule has 2 rings (SSSR count). The third kappa shape index (κ3) is 4.31. The molecule has 0 unspecified atom stereocenters. The van der Waals surface area contributed by atoms with Crippen LogP contribution in [0.15, 0.2) is 24.3 Å². The Kier molecular flexibility index (Phi) is 5.86. The fourth-order valence-electron chi connectivity index (χ4n) is 2.70. The van der Waals surface area contributed by atoms with Gasteiger partial charge >= 0.3 is 11.9 Å². The molecule has 0 radical (unpaired) electrons. The highest BCUT2D eigenvalue weighted by molar-refractivity contribution is 5.87. The number of phenolic OH excluding ortho intramolecular Hbond substituents is 1. The predicted molar refractivity (Wildman–Crippen MR) is 87.4 cm³/mol. The lowest BCUT2D eigenvalue weighted by molar-refractivity contribution is -0.196. The number of carboxylic acid groups (broad SMARTS) is 1. The number of rotatable bonds is 5. The van der Waals surface area contributed by atoms with Crippen LogP contribution < -0.4 is 4.74 Å². The van der Waals surface area contributed by atoms with Gasteiger partial charge in [0.25, 0.3) is 0 Å². The second-order valence-electron chi connectivity index (χ2n) is 6.04. The van der Waals surface area contributed by atoms with E-state index in [2.05, 4.69) is 0 Å². The summed E-state index contributed by atoms with van der Waals surface area (Å²) < 4.78 is 9.87. The third-order valence-electron chi connectivity index (χ3n) is 4.14. The van der Waals surface area contributed by atoms with E-state index in [1.807, 2.05) is 0 Å². The van der Waals surface area contributed by atoms with Gasteiger partial charge in [-0.3, -0.25) is 0 Å². The number of aliphatic carboxylic acids is 1. The van der Waals surface area contributed by atoms with Crippen LogP contribution in [0.25, 0.3) is 6.08 Å². The Labute approximate surface area is 148 Å². The van der Waals surface area contributed by atoms with E-state index in [0.717, 1.165) is 6.08 Å². The lowest BCUT2D eigenvalue weighted by Gasteiger charge is -2.39. The molecule has 5 N–H and O–H groups in total. The second kappa shape index (κ2) is 7.73. The number of aliphatic hydroxyl groups excluding tert-OH is 2. The molecular formula is C17H20O9. The Hall–Kier alpha value is -2.62. The van der Waals surface area contributed by atoms with Crippen LogP contribution >= 0.6 is 0 Å². The van der Waals surface area contributed by atoms with Gasteiger partial charge in [-0.05, 0) is 23.8 Å². The highest BCUT2D eigenvalue weighted by Gasteiger charge is 2.50. The number of hydrogen-bond acceptors (Lipinski definition) is 8. The first kappa shape index (κ1) is 19.7. The molecule has 1 aliphatic carbocycles. The van der Waals surface area contributed by atoms with Gasteiger partial charge in [-0.1, -0.05) is 6.07 Å². The fourth-order valence-corrected chi connectivity index (χ4v) is 2.70. The standard InChI is InChI=1S/C17H20O9/c1-25-12-4-2-9(6-10(12)18)3-5-14(20)26-13-8-17(24,16(22)23)7-11(19)15(13)21/h2-6,11,13,15,18-19,21,24H,7-8H2,1H3,(H,22,23)/t11-,13+,15+,17-/m1/s1. The molecule has 1 fully saturated rings. The van der Waals surface area contributed by atoms with Crippen LogP contribution in [0.2, 0.25) is 0 Å². The van der Waals surface area contributed by atoms with Crippen molar-refractivity contribution in [1.82, 2.24) is 0 Å². The van der Waals surface area contributed by atoms with E-state index >= 15 is 0 Å². The van der Waals surface area contributed by atoms with Crippen molar-refractivity contribution in [1.29, 1.82) is 0 Å². The maximum absolute atomic E-state index is 11.9. The number of esters is 1. The molecule has 9 nitrogen and oxygen atoms in total. The van der Waals surface area contributed by atoms with E-state index in [9.17, 15) is 30.0 Å². The summed E-state index contributed by atoms with van der Waals surface area (Å²) in [5.74, 6) is -2.35. The maximum atomic E-state index is 11.9. The Morgan fingerprint density at radius 3 is 2.54 bits per heavy atom. The Morgan fingerprint density at radius 1 is 1.27 bits per heavy atom. The molecule has 9 heteroatoms. The average molecular weight is 368 g/mol. The first-order chi connectivity index (χ1) is 12.2. The highest BCUT2D eigenvalue weighted by Crippen LogP contribution is 2.31. The van der Waals surface area contributed by atoms with Crippen molar-refractivity contribution in [3.05, 3.63) is 29.8 Å². The SMILES string of the molecule is COc1ccc(C=CC(=O)O[C@H]2C[C@@](O)(C(=O)O)C[C@@H](O)[C@@H]2O)cc1O. The van der Waals surface area contributed by atoms with E-state index in [1.165, 1.54) is 25.3 Å². The molecule has 0 saturated heterocycles. The van der Waals surface area contributed by atoms with Gasteiger partial charge in [0.2, 0.25) is 0 Å². The monoisotopic (exact) mass is 368 g/mol. The first-order valence-corrected chi connectivity index (χ1v) is 7.74. The summed E-state index contributed by atoms with van der Waals surface area (Å²) in [6.45, 7) is 0. The molecule has 26 heavy (non-hydrogen) atoms. The number of methoxy groups -OCH3 is 1. The number of aromatic hydroxyl groups is 1. The number of phenols is 1. The van der Waals surface area contributed by atoms with Crippen molar-refractivity contribution < 1.29 is 44.6 Å². The van der Waals surface area contributed by atoms with Gasteiger partial charge in [0, 0.05) is 18.9 Å². The number of carboxylic acids is 1. The third-order valence-corrected chi connectivity index (χ3v) is 4.14. The van der Waals surface area contributed by atoms with Crippen LogP contribution in [0.5, 0.6) is 11.5 Å². The number of hydrogen-bond donors (Lipinski definition) is 5. The molecule has 1 aliphatic rings. The quantitative estimate of drug-likeness (QED) is 0.347. The lowest BCUT2D eigenvalue weighted by Crippen LogP contribution is -2.57. The Morgan fingerprint density at radius 2 is 1.96 bits per heavy atom. The zero-order valence-corrected chi connectivity index (χ0v) is 13.9. The fraction of sp³-hybridized carbons (Fsp3) is 0.412. The van der Waals surface area contributed by atoms with Gasteiger partial charge in [0.1, 0.15) is 12.2 Å². The molecule has 142 valence electrons. The Bertz CT molecular complexity index is 714. The van der Waals surface area contributed by atoms with Crippen LogP contribution in [0.4, 0.5) is 0 Å². The summed E-state index contributed by atoms with van der Waals surface area (Å²) in [5, 5.41) is 48.3. The summed E-state index contributed by atoms with van der Waals surface area (Å²) in [5.41, 5.74) is -1.83. The van der Waals surface area contributed by atoms with Gasteiger partial charge in [-0.25, -0.2) is 9.59 Å². The van der Waals surface area contributed by atoms with E-state index in [-0.39, 0.29) is 11.5 Å². The molecule has 0 aliphatic heterocycles. The molecular weight excluding hydrogens is 348 g/mol. The molecule has 0 aromatic heterocycles. The largest absolute Gasteiger partial charge is 0.504 e. The zero-order chi connectivity index (χ0) is 19.5. The average Bonchev–Trinajstić information content (AvgIpc) is 2.57. The molecule has 0 heterocycles. The number of benzene rings is 1. The minimum absolute atomic E-state index is 0.125. The predicted octanol–water partition coefficient (Wildman–Crippen LogP) is -0.343. The molecule has 0 spiro atoms. The maximum Gasteiger partial charge on any atom is 0.335 e. The second-order valence-corrected chi connectivity index (χ2v) is 6.04. The Balaban J connectivity index is 2.06. The van der Waals surface area contributed by atoms with Crippen LogP contribution in [-0.4, -0.2) is 68.5 Å². The van der Waals surface area contributed by atoms with Crippen molar-refractivity contribution in [3.63, 3.8) is 0 Å². The van der Waals surface area contributed by atoms with Crippen LogP contribution in [-0.2, 0) is 14.3 Å². The van der Waals surface area contributed by atoms with Gasteiger partial charge in [0.05, 0.1) is 13.2 Å². The van der Waals surface area contributed by atoms with Crippen molar-refractivity contribution in [2.45, 2.75) is 36.8 Å². The van der Waals surface area contributed by atoms with E-state index in [0.29, 0.717) is 5.56 Å². The molecule has 1 saturated carbocycles. The van der Waals surface area contributed by atoms with Gasteiger partial charge in [0.15, 0.2) is 17.1 Å². The van der Waals surface area contributed by atoms with Gasteiger partial charge in [-0.15, -0.1) is 0 Å². The molecule has 1 aromatic carbocycles. The lowest BCUT2D eigenvalue weighted by atomic mass is 9.79. The van der Waals surface area contributed by atoms with Crippen LogP contribution in [0.3, 0.4) is 0 Å². The van der Waals surface area contributed by atoms with Gasteiger partial charge in [-0.2, -0.15) is 0 Å². The van der Waals surface area contributed by atoms with Crippen molar-refractivity contribution in [2.75, 3.05) is 7.11 Å². The summed E-state index contributed by atoms with van der Waals surface area (Å²) in [7, 11) is 1.39. The summed E-state index contributed by atoms with van der Waals surface area (Å²) in [6, 6.07) is 4.42. The van der Waals surface area contributed by atoms with E-state index < -0.39 is 48.7 Å². The zero-order valence-electron chi connectivity index (χ0n) is 13.9. The van der Waals surface area contributed by atoms with Crippen LogP contribution in [0.1, 0.15) is 18.4 Å². The van der Waals surface area contributed by atoms with E-state index in [1.54, 1.807) is 6.07 Å². The molecule has 4 atom stereocenters. The number of carbonyl (C=O) groups is 2. The van der Waals surface area contributed by atoms with Crippen molar-refractivity contribution in [2.24, 2.45) is 0 Å². The van der Waals surface area contributed by atoms with E-state index in [4.69, 9.17) is 14.6 Å². The summed E-state index contributed by atoms with van der Waals surface area (Å²) >= 11 is 0. The first-order valence-electron chi connectivity index (χ1n) is 7.74. The topological polar surface area (TPSA) is 154 Å².